The first-order valence-corrected chi connectivity index (χ1v) is 12.3. The third-order valence-corrected chi connectivity index (χ3v) is 6.89. The number of methoxy groups -OCH3 is 2. The van der Waals surface area contributed by atoms with Gasteiger partial charge in [0.15, 0.2) is 11.5 Å². The summed E-state index contributed by atoms with van der Waals surface area (Å²) in [6.45, 7) is 11.8. The van der Waals surface area contributed by atoms with Gasteiger partial charge < -0.3 is 14.4 Å². The van der Waals surface area contributed by atoms with Crippen molar-refractivity contribution in [2.45, 2.75) is 20.0 Å². The van der Waals surface area contributed by atoms with Crippen LogP contribution in [-0.2, 0) is 17.9 Å². The van der Waals surface area contributed by atoms with Gasteiger partial charge in [-0.15, -0.1) is 0 Å². The van der Waals surface area contributed by atoms with Gasteiger partial charge in [-0.05, 0) is 30.2 Å². The molecule has 0 radical (unpaired) electrons. The lowest BCUT2D eigenvalue weighted by Gasteiger charge is -2.38. The number of carbonyl (C=O) groups is 1. The molecule has 2 aromatic rings. The zero-order valence-electron chi connectivity index (χ0n) is 20.8. The van der Waals surface area contributed by atoms with Gasteiger partial charge >= 0.3 is 0 Å². The molecule has 2 aromatic carbocycles. The van der Waals surface area contributed by atoms with Crippen molar-refractivity contribution in [1.29, 1.82) is 0 Å². The van der Waals surface area contributed by atoms with Crippen LogP contribution in [-0.4, -0.2) is 98.6 Å². The van der Waals surface area contributed by atoms with Crippen molar-refractivity contribution >= 4 is 5.91 Å². The Bertz CT molecular complexity index is 951. The lowest BCUT2D eigenvalue weighted by Crippen LogP contribution is -2.53. The molecule has 2 aliphatic rings. The van der Waals surface area contributed by atoms with Gasteiger partial charge in [0.1, 0.15) is 0 Å². The van der Waals surface area contributed by atoms with E-state index in [1.807, 2.05) is 17.0 Å². The molecule has 184 valence electrons. The van der Waals surface area contributed by atoms with Crippen molar-refractivity contribution in [3.8, 4) is 11.5 Å². The highest BCUT2D eigenvalue weighted by atomic mass is 16.5. The number of hydrogen-bond donors (Lipinski definition) is 0. The smallest absolute Gasteiger partial charge is 0.236 e. The van der Waals surface area contributed by atoms with Crippen molar-refractivity contribution in [3.05, 3.63) is 59.2 Å². The third kappa shape index (κ3) is 6.50. The van der Waals surface area contributed by atoms with Gasteiger partial charge in [0.2, 0.25) is 5.91 Å². The first kappa shape index (κ1) is 24.5. The van der Waals surface area contributed by atoms with Crippen LogP contribution in [0.5, 0.6) is 11.5 Å². The van der Waals surface area contributed by atoms with Gasteiger partial charge in [-0.1, -0.05) is 35.9 Å². The summed E-state index contributed by atoms with van der Waals surface area (Å²) >= 11 is 0. The normalized spacial score (nSPS) is 18.1. The van der Waals surface area contributed by atoms with Gasteiger partial charge in [0.05, 0.1) is 20.8 Å². The third-order valence-electron chi connectivity index (χ3n) is 6.89. The number of ether oxygens (including phenoxy) is 2. The molecule has 0 unspecified atom stereocenters. The molecule has 2 aliphatic heterocycles. The molecule has 7 nitrogen and oxygen atoms in total. The summed E-state index contributed by atoms with van der Waals surface area (Å²) in [6, 6.07) is 14.8. The number of carbonyl (C=O) groups excluding carboxylic acids is 1. The number of benzene rings is 2. The summed E-state index contributed by atoms with van der Waals surface area (Å²) in [5.74, 6) is 1.79. The second kappa shape index (κ2) is 11.7. The van der Waals surface area contributed by atoms with Gasteiger partial charge in [-0.2, -0.15) is 0 Å². The van der Waals surface area contributed by atoms with E-state index >= 15 is 0 Å². The number of amides is 1. The van der Waals surface area contributed by atoms with Crippen LogP contribution in [0.25, 0.3) is 0 Å². The van der Waals surface area contributed by atoms with Crippen molar-refractivity contribution in [1.82, 2.24) is 19.6 Å². The molecule has 2 heterocycles. The van der Waals surface area contributed by atoms with Gasteiger partial charge in [-0.3, -0.25) is 19.5 Å². The van der Waals surface area contributed by atoms with Crippen LogP contribution in [0.15, 0.2) is 42.5 Å². The zero-order valence-corrected chi connectivity index (χ0v) is 20.8. The fraction of sp³-hybridized carbons (Fsp3) is 0.519. The van der Waals surface area contributed by atoms with Gasteiger partial charge in [-0.25, -0.2) is 0 Å². The maximum Gasteiger partial charge on any atom is 0.236 e. The summed E-state index contributed by atoms with van der Waals surface area (Å²) in [7, 11) is 3.32. The Morgan fingerprint density at radius 1 is 0.735 bits per heavy atom. The molecular formula is C27H38N4O3. The van der Waals surface area contributed by atoms with Crippen LogP contribution in [0.3, 0.4) is 0 Å². The molecule has 2 saturated heterocycles. The fourth-order valence-corrected chi connectivity index (χ4v) is 4.86. The molecule has 4 rings (SSSR count). The van der Waals surface area contributed by atoms with Crippen molar-refractivity contribution in [2.75, 3.05) is 73.1 Å². The van der Waals surface area contributed by atoms with E-state index in [0.717, 1.165) is 76.9 Å². The molecule has 2 fully saturated rings. The Labute approximate surface area is 203 Å². The van der Waals surface area contributed by atoms with E-state index in [1.54, 1.807) is 14.2 Å². The first-order valence-electron chi connectivity index (χ1n) is 12.3. The van der Waals surface area contributed by atoms with Crippen LogP contribution in [0.2, 0.25) is 0 Å². The monoisotopic (exact) mass is 466 g/mol. The molecule has 0 bridgehead atoms. The highest BCUT2D eigenvalue weighted by Crippen LogP contribution is 2.28. The maximum atomic E-state index is 12.9. The van der Waals surface area contributed by atoms with E-state index in [9.17, 15) is 4.79 Å². The molecule has 0 aromatic heterocycles. The number of piperazine rings is 2. The Hall–Kier alpha value is -2.61. The largest absolute Gasteiger partial charge is 0.493 e. The SMILES string of the molecule is COc1ccc(CN2CCN(CC(=O)N3CCN(Cc4cccc(C)c4)CC3)CC2)cc1OC. The second-order valence-corrected chi connectivity index (χ2v) is 9.39. The molecule has 0 atom stereocenters. The van der Waals surface area contributed by atoms with E-state index in [0.29, 0.717) is 6.54 Å². The molecular weight excluding hydrogens is 428 g/mol. The van der Waals surface area contributed by atoms with Gasteiger partial charge in [0.25, 0.3) is 0 Å². The summed E-state index contributed by atoms with van der Waals surface area (Å²) in [5.41, 5.74) is 3.87. The van der Waals surface area contributed by atoms with Crippen LogP contribution in [0.4, 0.5) is 0 Å². The van der Waals surface area contributed by atoms with Crippen LogP contribution in [0.1, 0.15) is 16.7 Å². The molecule has 0 N–H and O–H groups in total. The zero-order chi connectivity index (χ0) is 23.9. The summed E-state index contributed by atoms with van der Waals surface area (Å²) in [4.78, 5) is 22.1. The van der Waals surface area contributed by atoms with Crippen LogP contribution < -0.4 is 9.47 Å². The maximum absolute atomic E-state index is 12.9. The summed E-state index contributed by atoms with van der Waals surface area (Å²) in [5, 5.41) is 0. The minimum atomic E-state index is 0.267. The minimum Gasteiger partial charge on any atom is -0.493 e. The number of rotatable bonds is 8. The van der Waals surface area contributed by atoms with E-state index in [1.165, 1.54) is 16.7 Å². The Balaban J connectivity index is 1.18. The Morgan fingerprint density at radius 2 is 1.32 bits per heavy atom. The quantitative estimate of drug-likeness (QED) is 0.596. The fourth-order valence-electron chi connectivity index (χ4n) is 4.86. The van der Waals surface area contributed by atoms with E-state index < -0.39 is 0 Å². The number of hydrogen-bond acceptors (Lipinski definition) is 6. The molecule has 1 amide bonds. The molecule has 0 saturated carbocycles. The van der Waals surface area contributed by atoms with E-state index in [2.05, 4.69) is 52.0 Å². The highest BCUT2D eigenvalue weighted by molar-refractivity contribution is 5.78. The van der Waals surface area contributed by atoms with Crippen molar-refractivity contribution in [3.63, 3.8) is 0 Å². The van der Waals surface area contributed by atoms with Crippen molar-refractivity contribution < 1.29 is 14.3 Å². The predicted molar refractivity (Wildman–Crippen MR) is 134 cm³/mol. The first-order chi connectivity index (χ1) is 16.5. The Kier molecular flexibility index (Phi) is 8.43. The number of nitrogens with zero attached hydrogens (tertiary/aromatic N) is 4. The molecule has 7 heteroatoms. The average Bonchev–Trinajstić information content (AvgIpc) is 2.85. The van der Waals surface area contributed by atoms with Crippen molar-refractivity contribution in [2.24, 2.45) is 0 Å². The van der Waals surface area contributed by atoms with E-state index in [-0.39, 0.29) is 5.91 Å². The second-order valence-electron chi connectivity index (χ2n) is 9.39. The molecule has 0 aliphatic carbocycles. The molecule has 0 spiro atoms. The summed E-state index contributed by atoms with van der Waals surface area (Å²) < 4.78 is 10.8. The lowest BCUT2D eigenvalue weighted by atomic mass is 10.1. The van der Waals surface area contributed by atoms with Gasteiger partial charge in [0, 0.05) is 65.4 Å². The standard InChI is InChI=1S/C27H38N4O3/c1-22-5-4-6-23(17-22)19-29-13-15-31(16-14-29)27(32)21-30-11-9-28(10-12-30)20-24-7-8-25(33-2)26(18-24)34-3/h4-8,17-18H,9-16,19-21H2,1-3H3. The van der Waals surface area contributed by atoms with Crippen LogP contribution >= 0.6 is 0 Å². The topological polar surface area (TPSA) is 48.5 Å². The highest BCUT2D eigenvalue weighted by Gasteiger charge is 2.25. The predicted octanol–water partition coefficient (Wildman–Crippen LogP) is 2.47. The lowest BCUT2D eigenvalue weighted by molar-refractivity contribution is -0.134. The number of aryl methyl sites for hydroxylation is 1. The average molecular weight is 467 g/mol. The molecule has 34 heavy (non-hydrogen) atoms. The summed E-state index contributed by atoms with van der Waals surface area (Å²) in [6.07, 6.45) is 0. The van der Waals surface area contributed by atoms with E-state index in [4.69, 9.17) is 9.47 Å². The minimum absolute atomic E-state index is 0.267. The Morgan fingerprint density at radius 3 is 1.94 bits per heavy atom. The van der Waals surface area contributed by atoms with Crippen LogP contribution in [0, 0.1) is 6.92 Å².